The van der Waals surface area contributed by atoms with Crippen LogP contribution in [-0.2, 0) is 29.1 Å². The first-order valence-corrected chi connectivity index (χ1v) is 12.7. The Kier molecular flexibility index (Phi) is 10.8. The van der Waals surface area contributed by atoms with E-state index in [2.05, 4.69) is 57.2 Å². The quantitative estimate of drug-likeness (QED) is 0.317. The van der Waals surface area contributed by atoms with Crippen LogP contribution in [0.2, 0.25) is 0 Å². The average Bonchev–Trinajstić information content (AvgIpc) is 3.37. The Hall–Kier alpha value is -3.76. The van der Waals surface area contributed by atoms with Crippen LogP contribution in [-0.4, -0.2) is 54.1 Å². The van der Waals surface area contributed by atoms with E-state index >= 15 is 0 Å². The van der Waals surface area contributed by atoms with Gasteiger partial charge in [-0.05, 0) is 82.4 Å². The van der Waals surface area contributed by atoms with Crippen LogP contribution in [0.15, 0.2) is 65.1 Å². The van der Waals surface area contributed by atoms with Crippen molar-refractivity contribution in [2.24, 2.45) is 0 Å². The third kappa shape index (κ3) is 8.67. The summed E-state index contributed by atoms with van der Waals surface area (Å²) in [6, 6.07) is 20.8. The molecule has 0 amide bonds. The van der Waals surface area contributed by atoms with Crippen LogP contribution in [0.3, 0.4) is 0 Å². The lowest BCUT2D eigenvalue weighted by Gasteiger charge is -2.23. The third-order valence-corrected chi connectivity index (χ3v) is 6.22. The fourth-order valence-corrected chi connectivity index (χ4v) is 4.37. The topological polar surface area (TPSA) is 115 Å². The van der Waals surface area contributed by atoms with Crippen LogP contribution in [0.4, 0.5) is 0 Å². The minimum atomic E-state index is -1.82. The summed E-state index contributed by atoms with van der Waals surface area (Å²) in [5.41, 5.74) is 3.72. The van der Waals surface area contributed by atoms with Gasteiger partial charge in [-0.3, -0.25) is 4.90 Å². The van der Waals surface area contributed by atoms with Gasteiger partial charge in [-0.2, -0.15) is 0 Å². The van der Waals surface area contributed by atoms with Crippen LogP contribution < -0.4 is 18.9 Å². The molecule has 0 atom stereocenters. The number of carboxylic acid groups (broad SMARTS) is 2. The highest BCUT2D eigenvalue weighted by Gasteiger charge is 2.15. The Morgan fingerprint density at radius 3 is 2.16 bits per heavy atom. The SMILES string of the molecule is CCOc1ccc(CN(CCc2ccc3c(c2)OCO3)Cc2ccc(OC)c(Br)c2)cc1.O=C(O)C(=O)O. The van der Waals surface area contributed by atoms with E-state index in [9.17, 15) is 0 Å². The molecule has 202 valence electrons. The zero-order valence-corrected chi connectivity index (χ0v) is 22.8. The molecule has 3 aromatic rings. The maximum absolute atomic E-state index is 9.10. The lowest BCUT2D eigenvalue weighted by molar-refractivity contribution is -0.159. The minimum absolute atomic E-state index is 0.301. The van der Waals surface area contributed by atoms with Gasteiger partial charge < -0.3 is 29.2 Å². The first-order valence-electron chi connectivity index (χ1n) is 11.9. The van der Waals surface area contributed by atoms with Gasteiger partial charge in [0.15, 0.2) is 11.5 Å². The van der Waals surface area contributed by atoms with Gasteiger partial charge in [0, 0.05) is 19.6 Å². The first-order chi connectivity index (χ1) is 18.3. The Bertz CT molecular complexity index is 1220. The predicted molar refractivity (Wildman–Crippen MR) is 144 cm³/mol. The van der Waals surface area contributed by atoms with Crippen LogP contribution in [0, 0.1) is 0 Å². The summed E-state index contributed by atoms with van der Waals surface area (Å²) in [4.78, 5) is 20.7. The van der Waals surface area contributed by atoms with Crippen LogP contribution in [0.25, 0.3) is 0 Å². The number of carboxylic acids is 2. The lowest BCUT2D eigenvalue weighted by Crippen LogP contribution is -2.25. The van der Waals surface area contributed by atoms with Crippen LogP contribution in [0.1, 0.15) is 23.6 Å². The summed E-state index contributed by atoms with van der Waals surface area (Å²) in [7, 11) is 1.68. The molecule has 10 heteroatoms. The second kappa shape index (κ2) is 14.3. The molecule has 0 saturated heterocycles. The standard InChI is InChI=1S/C26H28BrNO4.C2H2O4/c1-3-30-22-8-4-20(5-9-22)16-28(17-21-7-10-24(29-2)23(27)14-21)13-12-19-6-11-25-26(15-19)32-18-31-25;3-1(4)2(5)6/h4-11,14-15H,3,12-13,16-18H2,1-2H3;(H,3,4)(H,5,6). The van der Waals surface area contributed by atoms with Crippen molar-refractivity contribution < 1.29 is 38.7 Å². The molecule has 0 radical (unpaired) electrons. The maximum atomic E-state index is 9.10. The van der Waals surface area contributed by atoms with E-state index in [4.69, 9.17) is 38.7 Å². The van der Waals surface area contributed by atoms with Gasteiger partial charge in [-0.25, -0.2) is 9.59 Å². The van der Waals surface area contributed by atoms with Crippen molar-refractivity contribution in [1.82, 2.24) is 4.90 Å². The van der Waals surface area contributed by atoms with Gasteiger partial charge in [0.25, 0.3) is 0 Å². The monoisotopic (exact) mass is 587 g/mol. The summed E-state index contributed by atoms with van der Waals surface area (Å²) < 4.78 is 22.9. The molecule has 0 aromatic heterocycles. The number of benzene rings is 3. The molecule has 0 bridgehead atoms. The smallest absolute Gasteiger partial charge is 0.414 e. The first kappa shape index (κ1) is 28.8. The highest BCUT2D eigenvalue weighted by Crippen LogP contribution is 2.33. The second-order valence-electron chi connectivity index (χ2n) is 8.30. The van der Waals surface area contributed by atoms with Crippen molar-refractivity contribution in [3.05, 3.63) is 81.8 Å². The van der Waals surface area contributed by atoms with Gasteiger partial charge in [0.2, 0.25) is 6.79 Å². The zero-order chi connectivity index (χ0) is 27.5. The number of halogens is 1. The number of carbonyl (C=O) groups is 2. The van der Waals surface area contributed by atoms with E-state index in [-0.39, 0.29) is 0 Å². The Morgan fingerprint density at radius 1 is 0.895 bits per heavy atom. The molecule has 3 aromatic carbocycles. The number of aliphatic carboxylic acids is 2. The molecule has 4 rings (SSSR count). The largest absolute Gasteiger partial charge is 0.496 e. The third-order valence-electron chi connectivity index (χ3n) is 5.60. The van der Waals surface area contributed by atoms with Crippen molar-refractivity contribution in [1.29, 1.82) is 0 Å². The van der Waals surface area contributed by atoms with E-state index in [0.29, 0.717) is 13.4 Å². The number of hydrogen-bond acceptors (Lipinski definition) is 7. The molecule has 0 saturated carbocycles. The highest BCUT2D eigenvalue weighted by molar-refractivity contribution is 9.10. The second-order valence-corrected chi connectivity index (χ2v) is 9.16. The van der Waals surface area contributed by atoms with E-state index in [1.807, 2.05) is 31.2 Å². The van der Waals surface area contributed by atoms with E-state index in [1.165, 1.54) is 16.7 Å². The van der Waals surface area contributed by atoms with Crippen LogP contribution >= 0.6 is 15.9 Å². The summed E-state index contributed by atoms with van der Waals surface area (Å²) in [6.07, 6.45) is 0.922. The molecule has 0 aliphatic carbocycles. The fraction of sp³-hybridized carbons (Fsp3) is 0.286. The van der Waals surface area contributed by atoms with E-state index in [0.717, 1.165) is 53.5 Å². The van der Waals surface area contributed by atoms with E-state index in [1.54, 1.807) is 7.11 Å². The van der Waals surface area contributed by atoms with Gasteiger partial charge in [-0.15, -0.1) is 0 Å². The van der Waals surface area contributed by atoms with Gasteiger partial charge in [0.05, 0.1) is 18.2 Å². The number of fused-ring (bicyclic) bond motifs is 1. The predicted octanol–water partition coefficient (Wildman–Crippen LogP) is 4.99. The summed E-state index contributed by atoms with van der Waals surface area (Å²) in [6.45, 7) is 5.57. The Labute approximate surface area is 229 Å². The number of methoxy groups -OCH3 is 1. The molecule has 0 unspecified atom stereocenters. The average molecular weight is 588 g/mol. The number of hydrogen-bond donors (Lipinski definition) is 2. The number of nitrogens with zero attached hydrogens (tertiary/aromatic N) is 1. The molecule has 0 fully saturated rings. The molecule has 1 aliphatic rings. The molecule has 38 heavy (non-hydrogen) atoms. The fourth-order valence-electron chi connectivity index (χ4n) is 3.78. The van der Waals surface area contributed by atoms with E-state index < -0.39 is 11.9 Å². The molecule has 0 spiro atoms. The number of rotatable bonds is 10. The van der Waals surface area contributed by atoms with Crippen molar-refractivity contribution in [2.75, 3.05) is 27.1 Å². The molecular formula is C28H30BrNO8. The summed E-state index contributed by atoms with van der Waals surface area (Å²) in [5.74, 6) is -0.248. The normalized spacial score (nSPS) is 11.5. The van der Waals surface area contributed by atoms with Crippen molar-refractivity contribution in [3.63, 3.8) is 0 Å². The molecule has 9 nitrogen and oxygen atoms in total. The molecule has 2 N–H and O–H groups in total. The minimum Gasteiger partial charge on any atom is -0.496 e. The number of ether oxygens (including phenoxy) is 4. The van der Waals surface area contributed by atoms with Crippen molar-refractivity contribution in [3.8, 4) is 23.0 Å². The van der Waals surface area contributed by atoms with Gasteiger partial charge in [-0.1, -0.05) is 24.3 Å². The highest BCUT2D eigenvalue weighted by atomic mass is 79.9. The maximum Gasteiger partial charge on any atom is 0.414 e. The molecule has 1 aliphatic heterocycles. The van der Waals surface area contributed by atoms with Gasteiger partial charge in [0.1, 0.15) is 11.5 Å². The van der Waals surface area contributed by atoms with Crippen molar-refractivity contribution in [2.45, 2.75) is 26.4 Å². The molecular weight excluding hydrogens is 558 g/mol. The lowest BCUT2D eigenvalue weighted by atomic mass is 10.1. The Balaban J connectivity index is 0.000000599. The van der Waals surface area contributed by atoms with Crippen LogP contribution in [0.5, 0.6) is 23.0 Å². The summed E-state index contributed by atoms with van der Waals surface area (Å²) in [5, 5.41) is 14.8. The zero-order valence-electron chi connectivity index (χ0n) is 21.2. The van der Waals surface area contributed by atoms with Gasteiger partial charge >= 0.3 is 11.9 Å². The summed E-state index contributed by atoms with van der Waals surface area (Å²) >= 11 is 3.61. The molecule has 1 heterocycles. The van der Waals surface area contributed by atoms with Crippen molar-refractivity contribution >= 4 is 27.9 Å². The Morgan fingerprint density at radius 2 is 1.53 bits per heavy atom.